The number of rotatable bonds is 4. The van der Waals surface area contributed by atoms with Gasteiger partial charge in [-0.3, -0.25) is 0 Å². The Bertz CT molecular complexity index is 784. The molecule has 22 heavy (non-hydrogen) atoms. The van der Waals surface area contributed by atoms with Gasteiger partial charge in [-0.1, -0.05) is 18.2 Å². The van der Waals surface area contributed by atoms with E-state index in [1.54, 1.807) is 30.3 Å². The highest BCUT2D eigenvalue weighted by molar-refractivity contribution is 7.12. The predicted octanol–water partition coefficient (Wildman–Crippen LogP) is 2.99. The highest BCUT2D eigenvalue weighted by Gasteiger charge is 2.24. The van der Waals surface area contributed by atoms with Gasteiger partial charge in [-0.05, 0) is 35.2 Å². The Balaban J connectivity index is 1.80. The molecule has 108 valence electrons. The first kappa shape index (κ1) is 14.0. The van der Waals surface area contributed by atoms with E-state index in [4.69, 9.17) is 14.7 Å². The summed E-state index contributed by atoms with van der Waals surface area (Å²) < 4.78 is 10.3. The van der Waals surface area contributed by atoms with Gasteiger partial charge in [0.05, 0.1) is 4.88 Å². The number of carbonyl (C=O) groups is 1. The molecule has 6 heteroatoms. The van der Waals surface area contributed by atoms with Crippen molar-refractivity contribution in [3.8, 4) is 11.8 Å². The van der Waals surface area contributed by atoms with E-state index in [1.165, 1.54) is 11.3 Å². The zero-order valence-electron chi connectivity index (χ0n) is 11.4. The van der Waals surface area contributed by atoms with Crippen LogP contribution in [0.25, 0.3) is 6.08 Å². The Morgan fingerprint density at radius 3 is 2.82 bits per heavy atom. The number of nitrogens with zero attached hydrogens (tertiary/aromatic N) is 2. The average Bonchev–Trinajstić information content (AvgIpc) is 3.17. The van der Waals surface area contributed by atoms with Crippen molar-refractivity contribution in [2.45, 2.75) is 0 Å². The number of nitriles is 1. The number of cyclic esters (lactones) is 1. The first-order valence-electron chi connectivity index (χ1n) is 6.42. The molecule has 0 aliphatic carbocycles. The quantitative estimate of drug-likeness (QED) is 0.643. The van der Waals surface area contributed by atoms with Gasteiger partial charge in [0.1, 0.15) is 11.8 Å². The van der Waals surface area contributed by atoms with E-state index in [1.807, 2.05) is 23.6 Å². The summed E-state index contributed by atoms with van der Waals surface area (Å²) >= 11 is 1.46. The zero-order chi connectivity index (χ0) is 15.4. The lowest BCUT2D eigenvalue weighted by Crippen LogP contribution is -2.03. The summed E-state index contributed by atoms with van der Waals surface area (Å²) in [7, 11) is 0. The van der Waals surface area contributed by atoms with Crippen molar-refractivity contribution in [1.82, 2.24) is 0 Å². The van der Waals surface area contributed by atoms with Gasteiger partial charge in [-0.25, -0.2) is 9.79 Å². The average molecular weight is 310 g/mol. The smallest absolute Gasteiger partial charge is 0.363 e. The maximum atomic E-state index is 11.8. The second-order valence-corrected chi connectivity index (χ2v) is 5.28. The van der Waals surface area contributed by atoms with Crippen LogP contribution >= 0.6 is 11.3 Å². The molecular weight excluding hydrogens is 300 g/mol. The van der Waals surface area contributed by atoms with Crippen LogP contribution in [-0.2, 0) is 9.53 Å². The molecule has 1 aliphatic rings. The van der Waals surface area contributed by atoms with Crippen LogP contribution in [0.2, 0.25) is 0 Å². The molecule has 3 rings (SSSR count). The van der Waals surface area contributed by atoms with Gasteiger partial charge in [0, 0.05) is 0 Å². The van der Waals surface area contributed by atoms with E-state index >= 15 is 0 Å². The molecule has 0 N–H and O–H groups in total. The largest absolute Gasteiger partial charge is 0.479 e. The van der Waals surface area contributed by atoms with Crippen LogP contribution in [0.4, 0.5) is 0 Å². The van der Waals surface area contributed by atoms with Crippen LogP contribution < -0.4 is 4.74 Å². The van der Waals surface area contributed by atoms with Crippen LogP contribution in [0, 0.1) is 11.3 Å². The molecule has 0 radical (unpaired) electrons. The van der Waals surface area contributed by atoms with Gasteiger partial charge in [0.25, 0.3) is 0 Å². The third-order valence-corrected chi connectivity index (χ3v) is 3.70. The molecule has 1 aromatic heterocycles. The molecule has 0 spiro atoms. The fourth-order valence-corrected chi connectivity index (χ4v) is 2.50. The zero-order valence-corrected chi connectivity index (χ0v) is 12.2. The number of hydrogen-bond acceptors (Lipinski definition) is 6. The Morgan fingerprint density at radius 2 is 2.14 bits per heavy atom. The van der Waals surface area contributed by atoms with Crippen molar-refractivity contribution in [3.63, 3.8) is 0 Å². The predicted molar refractivity (Wildman–Crippen MR) is 82.5 cm³/mol. The first-order chi connectivity index (χ1) is 10.8. The van der Waals surface area contributed by atoms with Crippen LogP contribution in [0.1, 0.15) is 10.4 Å². The molecule has 1 aliphatic heterocycles. The van der Waals surface area contributed by atoms with E-state index in [2.05, 4.69) is 4.99 Å². The number of carbonyl (C=O) groups excluding carboxylic acids is 1. The van der Waals surface area contributed by atoms with Crippen molar-refractivity contribution >= 4 is 29.3 Å². The van der Waals surface area contributed by atoms with Crippen molar-refractivity contribution in [2.24, 2.45) is 4.99 Å². The summed E-state index contributed by atoms with van der Waals surface area (Å²) in [6.07, 6.45) is 1.65. The first-order valence-corrected chi connectivity index (χ1v) is 7.30. The van der Waals surface area contributed by atoms with Gasteiger partial charge < -0.3 is 9.47 Å². The lowest BCUT2D eigenvalue weighted by molar-refractivity contribution is -0.129. The Kier molecular flexibility index (Phi) is 3.99. The summed E-state index contributed by atoms with van der Waals surface area (Å²) in [5.41, 5.74) is 1.06. The molecule has 5 nitrogen and oxygen atoms in total. The molecule has 0 bridgehead atoms. The second kappa shape index (κ2) is 6.24. The monoisotopic (exact) mass is 310 g/mol. The summed E-state index contributed by atoms with van der Waals surface area (Å²) in [6.45, 7) is 0.00122. The van der Waals surface area contributed by atoms with E-state index in [9.17, 15) is 4.79 Å². The van der Waals surface area contributed by atoms with Gasteiger partial charge in [0.15, 0.2) is 12.3 Å². The number of benzene rings is 1. The van der Waals surface area contributed by atoms with E-state index in [0.717, 1.165) is 10.4 Å². The minimum Gasteiger partial charge on any atom is -0.479 e. The van der Waals surface area contributed by atoms with Crippen LogP contribution in [0.15, 0.2) is 52.5 Å². The van der Waals surface area contributed by atoms with Gasteiger partial charge in [-0.15, -0.1) is 11.3 Å². The molecule has 2 heterocycles. The fourth-order valence-electron chi connectivity index (χ4n) is 1.85. The van der Waals surface area contributed by atoms with Gasteiger partial charge in [0.2, 0.25) is 5.90 Å². The SMILES string of the molecule is N#CCOc1ccc(/C=C2\N=C(c3cccs3)OC2=O)cc1. The topological polar surface area (TPSA) is 71.7 Å². The standard InChI is InChI=1S/C16H10N2O3S/c17-7-8-20-12-5-3-11(4-6-12)10-13-16(19)21-15(18-13)14-2-1-9-22-14/h1-6,9-10H,8H2/b13-10-. The number of aliphatic imine (C=N–C) groups is 1. The van der Waals surface area contributed by atoms with Crippen LogP contribution in [0.3, 0.4) is 0 Å². The summed E-state index contributed by atoms with van der Waals surface area (Å²) in [4.78, 5) is 16.9. The Hall–Kier alpha value is -2.91. The molecule has 0 unspecified atom stereocenters. The lowest BCUT2D eigenvalue weighted by Gasteiger charge is -2.01. The molecule has 0 fully saturated rings. The summed E-state index contributed by atoms with van der Waals surface area (Å²) in [6, 6.07) is 12.6. The molecule has 1 aromatic carbocycles. The Labute approximate surface area is 130 Å². The van der Waals surface area contributed by atoms with Gasteiger partial charge in [-0.2, -0.15) is 5.26 Å². The molecule has 0 amide bonds. The molecule has 0 saturated carbocycles. The van der Waals surface area contributed by atoms with E-state index < -0.39 is 5.97 Å². The van der Waals surface area contributed by atoms with Gasteiger partial charge >= 0.3 is 5.97 Å². The van der Waals surface area contributed by atoms with Crippen molar-refractivity contribution in [2.75, 3.05) is 6.61 Å². The van der Waals surface area contributed by atoms with E-state index in [-0.39, 0.29) is 12.3 Å². The van der Waals surface area contributed by atoms with Crippen molar-refractivity contribution < 1.29 is 14.3 Å². The molecule has 0 saturated heterocycles. The number of ether oxygens (including phenoxy) is 2. The minimum atomic E-state index is -0.465. The summed E-state index contributed by atoms with van der Waals surface area (Å²) in [5.74, 6) is 0.467. The number of hydrogen-bond donors (Lipinski definition) is 0. The van der Waals surface area contributed by atoms with E-state index in [0.29, 0.717) is 11.6 Å². The fraction of sp³-hybridized carbons (Fsp3) is 0.0625. The second-order valence-electron chi connectivity index (χ2n) is 4.33. The molecule has 0 atom stereocenters. The van der Waals surface area contributed by atoms with Crippen molar-refractivity contribution in [1.29, 1.82) is 5.26 Å². The van der Waals surface area contributed by atoms with Crippen molar-refractivity contribution in [3.05, 3.63) is 57.9 Å². The third-order valence-electron chi connectivity index (χ3n) is 2.84. The number of esters is 1. The number of thiophene rings is 1. The normalized spacial score (nSPS) is 15.3. The summed E-state index contributed by atoms with van der Waals surface area (Å²) in [5, 5.41) is 10.4. The minimum absolute atomic E-state index is 0.00122. The molecular formula is C16H10N2O3S. The van der Waals surface area contributed by atoms with Crippen LogP contribution in [-0.4, -0.2) is 18.5 Å². The highest BCUT2D eigenvalue weighted by atomic mass is 32.1. The third kappa shape index (κ3) is 3.05. The maximum Gasteiger partial charge on any atom is 0.363 e. The highest BCUT2D eigenvalue weighted by Crippen LogP contribution is 2.22. The molecule has 2 aromatic rings. The Morgan fingerprint density at radius 1 is 1.32 bits per heavy atom. The maximum absolute atomic E-state index is 11.8. The van der Waals surface area contributed by atoms with Crippen LogP contribution in [0.5, 0.6) is 5.75 Å². The lowest BCUT2D eigenvalue weighted by atomic mass is 10.2.